The Kier molecular flexibility index (Phi) is 6.03. The first kappa shape index (κ1) is 24.1. The zero-order chi connectivity index (χ0) is 22.9. The monoisotopic (exact) mass is 672 g/mol. The number of rotatable bonds is 4. The Morgan fingerprint density at radius 3 is 1.17 bits per heavy atom. The molecule has 1 aliphatic heterocycles. The van der Waals surface area contributed by atoms with Crippen LogP contribution in [-0.4, -0.2) is 62.7 Å². The van der Waals surface area contributed by atoms with Crippen molar-refractivity contribution in [1.82, 2.24) is 0 Å². The van der Waals surface area contributed by atoms with Crippen molar-refractivity contribution in [2.75, 3.05) is 0 Å². The van der Waals surface area contributed by atoms with E-state index < -0.39 is 66.8 Å². The molecule has 0 unspecified atom stereocenters. The van der Waals surface area contributed by atoms with Crippen LogP contribution in [0.4, 0.5) is 0 Å². The molecule has 0 atom stereocenters. The fourth-order valence-corrected chi connectivity index (χ4v) is 12.7. The molecule has 0 saturated carbocycles. The van der Waals surface area contributed by atoms with Gasteiger partial charge in [-0.2, -0.15) is 0 Å². The van der Waals surface area contributed by atoms with Gasteiger partial charge in [0.05, 0.1) is 0 Å². The number of fused-ring (bicyclic) bond motifs is 2. The van der Waals surface area contributed by atoms with Crippen LogP contribution in [0.1, 0.15) is 0 Å². The Hall–Kier alpha value is -0.543. The quantitative estimate of drug-likeness (QED) is 0.321. The fourth-order valence-electron chi connectivity index (χ4n) is 3.28. The maximum absolute atomic E-state index is 12.0. The van der Waals surface area contributed by atoms with E-state index >= 15 is 0 Å². The summed E-state index contributed by atoms with van der Waals surface area (Å²) >= 11 is -5.74. The molecular formula is C18H24O8S2Sn2. The molecule has 8 nitrogen and oxygen atoms in total. The van der Waals surface area contributed by atoms with Crippen molar-refractivity contribution in [3.05, 3.63) is 24.3 Å². The number of benzene rings is 2. The Bertz CT molecular complexity index is 1160. The van der Waals surface area contributed by atoms with Crippen LogP contribution in [0.15, 0.2) is 34.1 Å². The summed E-state index contributed by atoms with van der Waals surface area (Å²) in [4.78, 5) is 11.6. The van der Waals surface area contributed by atoms with Gasteiger partial charge in [-0.1, -0.05) is 0 Å². The standard InChI is InChI=1S/C12H6O8S2.6CH3.2Sn/c13-21(14,15)9-5-1-3-7-11(9)20-12-8(19-7)4-2-6-10(12)22(16,17)18;;;;;;;;/h1-2,5-6H,(H,13,14,15)(H,16,17,18);6*1H3;;. The van der Waals surface area contributed by atoms with Crippen molar-refractivity contribution in [1.29, 1.82) is 0 Å². The third-order valence-electron chi connectivity index (χ3n) is 4.73. The number of ether oxygens (including phenoxy) is 2. The van der Waals surface area contributed by atoms with Crippen LogP contribution < -0.4 is 16.6 Å². The van der Waals surface area contributed by atoms with E-state index in [0.717, 1.165) is 7.16 Å². The van der Waals surface area contributed by atoms with Gasteiger partial charge in [0, 0.05) is 0 Å². The van der Waals surface area contributed by atoms with E-state index in [4.69, 9.17) is 9.47 Å². The molecule has 164 valence electrons. The molecule has 0 bridgehead atoms. The molecule has 0 fully saturated rings. The van der Waals surface area contributed by atoms with E-state index in [1.54, 1.807) is 12.1 Å². The van der Waals surface area contributed by atoms with Crippen LogP contribution in [0.2, 0.25) is 29.6 Å². The first-order valence-corrected chi connectivity index (χ1v) is 31.9. The van der Waals surface area contributed by atoms with Gasteiger partial charge >= 0.3 is 186 Å². The molecule has 0 aliphatic carbocycles. The minimum atomic E-state index is -4.68. The van der Waals surface area contributed by atoms with E-state index in [9.17, 15) is 25.9 Å². The second-order valence-corrected chi connectivity index (χ2v) is 40.7. The molecule has 2 aromatic carbocycles. The van der Waals surface area contributed by atoms with Gasteiger partial charge in [0.25, 0.3) is 0 Å². The van der Waals surface area contributed by atoms with E-state index in [0.29, 0.717) is 0 Å². The molecule has 0 amide bonds. The van der Waals surface area contributed by atoms with Gasteiger partial charge in [0.1, 0.15) is 0 Å². The predicted octanol–water partition coefficient (Wildman–Crippen LogP) is 3.17. The number of hydrogen-bond donors (Lipinski definition) is 2. The van der Waals surface area contributed by atoms with Gasteiger partial charge in [-0.15, -0.1) is 0 Å². The molecule has 0 aromatic heterocycles. The van der Waals surface area contributed by atoms with Crippen molar-refractivity contribution in [3.63, 3.8) is 0 Å². The minimum absolute atomic E-state index is 0.185. The molecule has 1 aliphatic rings. The maximum atomic E-state index is 12.0. The van der Waals surface area contributed by atoms with Gasteiger partial charge in [-0.25, -0.2) is 0 Å². The Morgan fingerprint density at radius 2 is 0.900 bits per heavy atom. The van der Waals surface area contributed by atoms with Crippen LogP contribution >= 0.6 is 0 Å². The van der Waals surface area contributed by atoms with E-state index in [1.807, 2.05) is 0 Å². The van der Waals surface area contributed by atoms with Crippen molar-refractivity contribution >= 4 is 64.1 Å². The van der Waals surface area contributed by atoms with Crippen molar-refractivity contribution in [3.8, 4) is 23.0 Å². The zero-order valence-corrected chi connectivity index (χ0v) is 24.8. The summed E-state index contributed by atoms with van der Waals surface area (Å²) in [6, 6.07) is 5.72. The zero-order valence-electron chi connectivity index (χ0n) is 17.5. The molecule has 12 heteroatoms. The average molecular weight is 670 g/mol. The van der Waals surface area contributed by atoms with Gasteiger partial charge in [0.2, 0.25) is 0 Å². The van der Waals surface area contributed by atoms with Crippen molar-refractivity contribution in [2.24, 2.45) is 0 Å². The molecule has 1 heterocycles. The van der Waals surface area contributed by atoms with Crippen molar-refractivity contribution in [2.45, 2.75) is 39.4 Å². The van der Waals surface area contributed by atoms with Crippen molar-refractivity contribution < 1.29 is 35.4 Å². The van der Waals surface area contributed by atoms with Gasteiger partial charge in [-0.3, -0.25) is 0 Å². The van der Waals surface area contributed by atoms with Gasteiger partial charge in [-0.05, 0) is 0 Å². The van der Waals surface area contributed by atoms with Crippen LogP contribution in [0.3, 0.4) is 0 Å². The summed E-state index contributed by atoms with van der Waals surface area (Å²) in [5.41, 5.74) is 0. The Balaban J connectivity index is 2.44. The Morgan fingerprint density at radius 1 is 0.600 bits per heavy atom. The summed E-state index contributed by atoms with van der Waals surface area (Å²) in [5, 5.41) is 0. The van der Waals surface area contributed by atoms with E-state index in [1.165, 1.54) is 12.1 Å². The second kappa shape index (κ2) is 7.51. The third kappa shape index (κ3) is 4.49. The molecular weight excluding hydrogens is 646 g/mol. The first-order valence-electron chi connectivity index (χ1n) is 9.08. The van der Waals surface area contributed by atoms with Crippen LogP contribution in [0.5, 0.6) is 23.0 Å². The molecule has 2 aromatic rings. The fraction of sp³-hybridized carbons (Fsp3) is 0.333. The molecule has 2 N–H and O–H groups in total. The van der Waals surface area contributed by atoms with Crippen LogP contribution in [0, 0.1) is 0 Å². The van der Waals surface area contributed by atoms with Gasteiger partial charge < -0.3 is 0 Å². The summed E-state index contributed by atoms with van der Waals surface area (Å²) in [7, 11) is -9.35. The first-order chi connectivity index (χ1) is 13.4. The number of hydrogen-bond acceptors (Lipinski definition) is 6. The normalized spacial score (nSPS) is 14.4. The van der Waals surface area contributed by atoms with Gasteiger partial charge in [0.15, 0.2) is 0 Å². The molecule has 0 saturated heterocycles. The van der Waals surface area contributed by atoms with E-state index in [-0.39, 0.29) is 23.0 Å². The molecule has 3 rings (SSSR count). The average Bonchev–Trinajstić information content (AvgIpc) is 2.54. The topological polar surface area (TPSA) is 127 Å². The second-order valence-electron chi connectivity index (χ2n) is 9.19. The summed E-state index contributed by atoms with van der Waals surface area (Å²) in [6.07, 6.45) is 0. The van der Waals surface area contributed by atoms with Crippen LogP contribution in [0.25, 0.3) is 0 Å². The summed E-state index contributed by atoms with van der Waals surface area (Å²) < 4.78 is 80.9. The summed E-state index contributed by atoms with van der Waals surface area (Å²) in [6.45, 7) is 0. The van der Waals surface area contributed by atoms with E-state index in [2.05, 4.69) is 29.6 Å². The van der Waals surface area contributed by atoms with Crippen LogP contribution in [-0.2, 0) is 20.2 Å². The third-order valence-corrected chi connectivity index (χ3v) is 18.0. The summed E-state index contributed by atoms with van der Waals surface area (Å²) in [5.74, 6) is -0.157. The molecule has 30 heavy (non-hydrogen) atoms. The molecule has 0 spiro atoms. The SMILES string of the molecule is [CH3][Sn]([CH3])([CH3])[c]1ccc(S(=O)(=O)O)c2c1Oc1[c]([Sn]([CH3])([CH3])[CH3])ccc(S(=O)(=O)O)c1O2. The Labute approximate surface area is 184 Å². The predicted molar refractivity (Wildman–Crippen MR) is 119 cm³/mol. The molecule has 0 radical (unpaired) electrons.